The van der Waals surface area contributed by atoms with Gasteiger partial charge in [0.1, 0.15) is 12.7 Å². The Morgan fingerprint density at radius 2 is 1.05 bits per heavy atom. The highest BCUT2D eigenvalue weighted by Crippen LogP contribution is 2.43. The maximum Gasteiger partial charge on any atom is 0.472 e. The van der Waals surface area contributed by atoms with Crippen LogP contribution in [0.3, 0.4) is 0 Å². The van der Waals surface area contributed by atoms with Crippen molar-refractivity contribution < 1.29 is 66.7 Å². The summed E-state index contributed by atoms with van der Waals surface area (Å²) in [5.41, 5.74) is 0. The third-order valence-electron chi connectivity index (χ3n) is 8.22. The number of esters is 2. The van der Waals surface area contributed by atoms with Gasteiger partial charge in [-0.1, -0.05) is 136 Å². The quantitative estimate of drug-likeness (QED) is 0.0128. The molecule has 0 fully saturated rings. The Balaban J connectivity index is 4.79. The number of rotatable bonds is 39. The fraction of sp³-hybridized carbons (Fsp3) is 0.565. The maximum absolute atomic E-state index is 12.6. The summed E-state index contributed by atoms with van der Waals surface area (Å²) < 4.78 is 47.6. The van der Waals surface area contributed by atoms with Crippen molar-refractivity contribution in [2.24, 2.45) is 0 Å². The number of hydrogen-bond donors (Lipinski definition) is 5. The molecule has 0 saturated carbocycles. The molecule has 5 N–H and O–H groups in total. The molecule has 14 nitrogen and oxygen atoms in total. The van der Waals surface area contributed by atoms with Crippen molar-refractivity contribution in [3.63, 3.8) is 0 Å². The van der Waals surface area contributed by atoms with Gasteiger partial charge in [-0.25, -0.2) is 9.13 Å². The molecular weight excluding hydrogens is 838 g/mol. The molecule has 352 valence electrons. The summed E-state index contributed by atoms with van der Waals surface area (Å²) in [6, 6.07) is 0. The molecule has 0 aliphatic rings. The van der Waals surface area contributed by atoms with Gasteiger partial charge >= 0.3 is 27.6 Å². The fourth-order valence-corrected chi connectivity index (χ4v) is 6.08. The zero-order chi connectivity index (χ0) is 46.0. The van der Waals surface area contributed by atoms with Gasteiger partial charge < -0.3 is 34.4 Å². The molecule has 0 aromatic rings. The highest BCUT2D eigenvalue weighted by molar-refractivity contribution is 7.47. The molecule has 16 heteroatoms. The van der Waals surface area contributed by atoms with Crippen LogP contribution >= 0.6 is 15.6 Å². The van der Waals surface area contributed by atoms with Crippen LogP contribution in [0, 0.1) is 0 Å². The van der Waals surface area contributed by atoms with Crippen molar-refractivity contribution in [3.8, 4) is 0 Å². The molecule has 62 heavy (non-hydrogen) atoms. The van der Waals surface area contributed by atoms with E-state index in [-0.39, 0.29) is 12.8 Å². The molecule has 0 aromatic heterocycles. The molecule has 0 aliphatic carbocycles. The Hall–Kier alpha value is -3.26. The van der Waals surface area contributed by atoms with E-state index < -0.39 is 72.3 Å². The van der Waals surface area contributed by atoms with Crippen molar-refractivity contribution >= 4 is 27.6 Å². The highest BCUT2D eigenvalue weighted by Gasteiger charge is 2.28. The minimum Gasteiger partial charge on any atom is -0.462 e. The normalized spacial score (nSPS) is 15.5. The molecule has 0 radical (unpaired) electrons. The van der Waals surface area contributed by atoms with Crippen LogP contribution in [0.15, 0.2) is 109 Å². The monoisotopic (exact) mass is 912 g/mol. The van der Waals surface area contributed by atoms with Gasteiger partial charge in [0.25, 0.3) is 0 Å². The molecule has 2 unspecified atom stereocenters. The lowest BCUT2D eigenvalue weighted by atomic mass is 10.2. The first-order valence-corrected chi connectivity index (χ1v) is 24.7. The van der Waals surface area contributed by atoms with E-state index >= 15 is 0 Å². The molecule has 0 aliphatic heterocycles. The number of carbonyl (C=O) groups excluding carboxylic acids is 2. The van der Waals surface area contributed by atoms with Gasteiger partial charge in [0, 0.05) is 12.8 Å². The Morgan fingerprint density at radius 3 is 1.63 bits per heavy atom. The molecule has 0 rings (SSSR count). The van der Waals surface area contributed by atoms with Crippen LogP contribution < -0.4 is 0 Å². The Labute approximate surface area is 370 Å². The van der Waals surface area contributed by atoms with E-state index in [1.54, 1.807) is 12.2 Å². The molecule has 4 atom stereocenters. The Morgan fingerprint density at radius 1 is 0.548 bits per heavy atom. The van der Waals surface area contributed by atoms with Gasteiger partial charge in [0.15, 0.2) is 6.10 Å². The van der Waals surface area contributed by atoms with Gasteiger partial charge in [-0.05, 0) is 83.5 Å². The molecule has 0 spiro atoms. The van der Waals surface area contributed by atoms with Crippen LogP contribution in [0.5, 0.6) is 0 Å². The molecule has 0 amide bonds. The van der Waals surface area contributed by atoms with Crippen LogP contribution in [0.2, 0.25) is 0 Å². The lowest BCUT2D eigenvalue weighted by molar-refractivity contribution is -0.161. The topological polar surface area (TPSA) is 216 Å². The average Bonchev–Trinajstić information content (AvgIpc) is 3.23. The summed E-state index contributed by atoms with van der Waals surface area (Å²) in [7, 11) is -9.74. The lowest BCUT2D eigenvalue weighted by Gasteiger charge is -2.20. The number of ether oxygens (including phenoxy) is 2. The third kappa shape index (κ3) is 43.4. The zero-order valence-electron chi connectivity index (χ0n) is 36.8. The van der Waals surface area contributed by atoms with Crippen molar-refractivity contribution in [1.29, 1.82) is 0 Å². The molecule has 0 aromatic carbocycles. The number of unbranched alkanes of at least 4 members (excludes halogenated alkanes) is 5. The van der Waals surface area contributed by atoms with Crippen molar-refractivity contribution in [2.75, 3.05) is 26.4 Å². The third-order valence-corrected chi connectivity index (χ3v) is 9.65. The van der Waals surface area contributed by atoms with Crippen LogP contribution in [0.25, 0.3) is 0 Å². The molecule has 0 heterocycles. The maximum atomic E-state index is 12.6. The number of aliphatic hydroxyl groups is 2. The average molecular weight is 913 g/mol. The summed E-state index contributed by atoms with van der Waals surface area (Å²) >= 11 is 0. The van der Waals surface area contributed by atoms with Crippen molar-refractivity contribution in [2.45, 2.75) is 141 Å². The largest absolute Gasteiger partial charge is 0.472 e. The van der Waals surface area contributed by atoms with Gasteiger partial charge in [-0.2, -0.15) is 0 Å². The van der Waals surface area contributed by atoms with Crippen LogP contribution in [0.4, 0.5) is 0 Å². The van der Waals surface area contributed by atoms with E-state index in [2.05, 4.69) is 71.5 Å². The van der Waals surface area contributed by atoms with E-state index in [1.807, 2.05) is 48.6 Å². The minimum absolute atomic E-state index is 0.0241. The van der Waals surface area contributed by atoms with Gasteiger partial charge in [-0.15, -0.1) is 0 Å². The smallest absolute Gasteiger partial charge is 0.462 e. The predicted molar refractivity (Wildman–Crippen MR) is 245 cm³/mol. The van der Waals surface area contributed by atoms with Crippen LogP contribution in [-0.2, 0) is 41.8 Å². The zero-order valence-corrected chi connectivity index (χ0v) is 38.6. The molecule has 0 saturated heterocycles. The summed E-state index contributed by atoms with van der Waals surface area (Å²) in [4.78, 5) is 52.6. The number of aliphatic hydroxyl groups excluding tert-OH is 2. The minimum atomic E-state index is -4.89. The number of carbonyl (C=O) groups is 2. The summed E-state index contributed by atoms with van der Waals surface area (Å²) in [5.74, 6) is -1.22. The molecular formula is C46H74O14P2. The van der Waals surface area contributed by atoms with E-state index in [4.69, 9.17) is 23.8 Å². The first-order chi connectivity index (χ1) is 29.8. The van der Waals surface area contributed by atoms with Gasteiger partial charge in [0.2, 0.25) is 0 Å². The van der Waals surface area contributed by atoms with Crippen molar-refractivity contribution in [3.05, 3.63) is 109 Å². The second kappa shape index (κ2) is 40.5. The first kappa shape index (κ1) is 58.7. The highest BCUT2D eigenvalue weighted by atomic mass is 31.2. The predicted octanol–water partition coefficient (Wildman–Crippen LogP) is 10.1. The van der Waals surface area contributed by atoms with E-state index in [0.29, 0.717) is 38.5 Å². The number of phosphoric ester groups is 2. The first-order valence-electron chi connectivity index (χ1n) is 21.7. The molecule has 0 bridgehead atoms. The standard InChI is InChI=1S/C46H74O14P2/c1-3-5-7-9-11-12-13-14-15-16-17-18-19-20-25-29-33-37-46(50)60-44(41-59-62(54,55)58-39-43(48)38-57-61(51,52)53)40-56-45(49)36-32-28-24-22-21-23-27-31-35-42(47)34-30-26-10-8-6-4-2/h6,8,11-12,14-15,17-18,20,22-27,30-31,35,42-44,47-48H,3-5,7,9-10,13,16,19,21,28-29,32-34,36-41H2,1-2H3,(H,54,55)(H2,51,52,53)/b8-6-,12-11-,15-14-,18-17-,24-22-,25-20-,27-23-,30-26-,35-31+/t42?,43-,44+/m0/s1. The number of hydrogen-bond acceptors (Lipinski definition) is 11. The Bertz CT molecular complexity index is 1520. The summed E-state index contributed by atoms with van der Waals surface area (Å²) in [6.45, 7) is 1.37. The van der Waals surface area contributed by atoms with E-state index in [0.717, 1.165) is 38.5 Å². The second-order valence-corrected chi connectivity index (χ2v) is 16.8. The number of phosphoric acid groups is 2. The van der Waals surface area contributed by atoms with Gasteiger partial charge in [0.05, 0.1) is 25.9 Å². The Kier molecular flexibility index (Phi) is 38.4. The SMILES string of the molecule is CC/C=C\C/C=C\CC(O)/C=C/C=C\C/C=C\CCCC(=O)OC[C@H](COP(=O)(O)OC[C@@H](O)COP(=O)(O)O)OC(=O)CCC/C=C\C/C=C\C/C=C\C/C=C\CCCCC. The second-order valence-electron chi connectivity index (χ2n) is 14.1. The van der Waals surface area contributed by atoms with Crippen molar-refractivity contribution in [1.82, 2.24) is 0 Å². The summed E-state index contributed by atoms with van der Waals surface area (Å²) in [5, 5.41) is 19.8. The summed E-state index contributed by atoms with van der Waals surface area (Å²) in [6.07, 6.45) is 45.5. The lowest BCUT2D eigenvalue weighted by Crippen LogP contribution is -2.29. The van der Waals surface area contributed by atoms with Crippen LogP contribution in [0.1, 0.15) is 123 Å². The van der Waals surface area contributed by atoms with E-state index in [9.17, 15) is 33.8 Å². The van der Waals surface area contributed by atoms with Crippen LogP contribution in [-0.4, -0.2) is 81.6 Å². The van der Waals surface area contributed by atoms with E-state index in [1.165, 1.54) is 19.3 Å². The number of allylic oxidation sites excluding steroid dienone is 16. The fourth-order valence-electron chi connectivity index (χ4n) is 4.93. The van der Waals surface area contributed by atoms with Gasteiger partial charge in [-0.3, -0.25) is 23.2 Å².